The second-order valence-electron chi connectivity index (χ2n) is 5.98. The average molecular weight is 315 g/mol. The van der Waals surface area contributed by atoms with Crippen LogP contribution in [-0.4, -0.2) is 23.5 Å². The van der Waals surface area contributed by atoms with Crippen LogP contribution in [0.15, 0.2) is 22.7 Å². The average Bonchev–Trinajstić information content (AvgIpc) is 2.86. The highest BCUT2D eigenvalue weighted by Crippen LogP contribution is 2.23. The molecule has 0 radical (unpaired) electrons. The van der Waals surface area contributed by atoms with Crippen LogP contribution in [0, 0.1) is 20.8 Å². The van der Waals surface area contributed by atoms with Crippen molar-refractivity contribution < 1.29 is 18.8 Å². The quantitative estimate of drug-likeness (QED) is 0.620. The summed E-state index contributed by atoms with van der Waals surface area (Å²) >= 11 is 0. The number of carbonyl (C=O) groups is 2. The van der Waals surface area contributed by atoms with E-state index < -0.39 is 5.97 Å². The largest absolute Gasteiger partial charge is 0.454 e. The van der Waals surface area contributed by atoms with Gasteiger partial charge >= 0.3 is 5.97 Å². The molecule has 0 unspecified atom stereocenters. The van der Waals surface area contributed by atoms with Crippen molar-refractivity contribution in [2.75, 3.05) is 6.61 Å². The van der Waals surface area contributed by atoms with Crippen molar-refractivity contribution in [3.8, 4) is 0 Å². The summed E-state index contributed by atoms with van der Waals surface area (Å²) in [6.07, 6.45) is 0. The lowest BCUT2D eigenvalue weighted by Crippen LogP contribution is -2.16. The fraction of sp³-hybridized carbons (Fsp3) is 0.389. The van der Waals surface area contributed by atoms with Gasteiger partial charge in [0.15, 0.2) is 12.4 Å². The molecule has 2 rings (SSSR count). The van der Waals surface area contributed by atoms with Gasteiger partial charge in [-0.2, -0.15) is 0 Å². The third-order valence-corrected chi connectivity index (χ3v) is 3.63. The number of hydrogen-bond acceptors (Lipinski definition) is 5. The molecule has 122 valence electrons. The van der Waals surface area contributed by atoms with Gasteiger partial charge in [-0.3, -0.25) is 4.79 Å². The minimum absolute atomic E-state index is 0.00814. The molecule has 1 aromatic heterocycles. The topological polar surface area (TPSA) is 69.4 Å². The number of Topliss-reactive ketones (excluding diaryl/α,β-unsaturated/α-hetero) is 1. The van der Waals surface area contributed by atoms with Gasteiger partial charge in [0.05, 0.1) is 5.69 Å². The molecule has 0 saturated carbocycles. The van der Waals surface area contributed by atoms with E-state index in [4.69, 9.17) is 9.26 Å². The van der Waals surface area contributed by atoms with E-state index in [0.29, 0.717) is 22.6 Å². The van der Waals surface area contributed by atoms with E-state index in [-0.39, 0.29) is 18.3 Å². The van der Waals surface area contributed by atoms with Crippen LogP contribution in [0.5, 0.6) is 0 Å². The molecular formula is C18H21NO4. The Morgan fingerprint density at radius 1 is 1.22 bits per heavy atom. The molecule has 0 atom stereocenters. The normalized spacial score (nSPS) is 10.9. The maximum atomic E-state index is 12.3. The van der Waals surface area contributed by atoms with Gasteiger partial charge in [-0.05, 0) is 26.3 Å². The Bertz CT molecular complexity index is 743. The smallest absolute Gasteiger partial charge is 0.344 e. The van der Waals surface area contributed by atoms with Gasteiger partial charge in [-0.15, -0.1) is 0 Å². The summed E-state index contributed by atoms with van der Waals surface area (Å²) in [4.78, 5) is 24.5. The van der Waals surface area contributed by atoms with E-state index in [1.54, 1.807) is 13.0 Å². The van der Waals surface area contributed by atoms with Gasteiger partial charge in [0.1, 0.15) is 5.56 Å². The molecule has 23 heavy (non-hydrogen) atoms. The maximum Gasteiger partial charge on any atom is 0.344 e. The van der Waals surface area contributed by atoms with Crippen molar-refractivity contribution in [3.63, 3.8) is 0 Å². The second kappa shape index (κ2) is 6.77. The van der Waals surface area contributed by atoms with Gasteiger partial charge < -0.3 is 9.26 Å². The van der Waals surface area contributed by atoms with Crippen LogP contribution in [0.4, 0.5) is 0 Å². The molecule has 0 bridgehead atoms. The first-order chi connectivity index (χ1) is 10.8. The number of ketones is 1. The number of aromatic nitrogens is 1. The van der Waals surface area contributed by atoms with Gasteiger partial charge in [-0.25, -0.2) is 4.79 Å². The Kier molecular flexibility index (Phi) is 4.98. The third kappa shape index (κ3) is 3.67. The van der Waals surface area contributed by atoms with E-state index >= 15 is 0 Å². The summed E-state index contributed by atoms with van der Waals surface area (Å²) in [5, 5.41) is 3.81. The highest BCUT2D eigenvalue weighted by atomic mass is 16.5. The molecule has 0 aliphatic rings. The summed E-state index contributed by atoms with van der Waals surface area (Å²) in [5.41, 5.74) is 3.30. The van der Waals surface area contributed by atoms with E-state index in [9.17, 15) is 9.59 Å². The molecule has 0 spiro atoms. The zero-order valence-corrected chi connectivity index (χ0v) is 14.1. The van der Waals surface area contributed by atoms with Gasteiger partial charge in [0.2, 0.25) is 5.78 Å². The molecule has 0 fully saturated rings. The number of hydrogen-bond donors (Lipinski definition) is 0. The molecule has 2 aromatic rings. The Morgan fingerprint density at radius 3 is 2.52 bits per heavy atom. The highest BCUT2D eigenvalue weighted by Gasteiger charge is 2.24. The first kappa shape index (κ1) is 16.9. The van der Waals surface area contributed by atoms with Crippen LogP contribution in [-0.2, 0) is 4.74 Å². The van der Waals surface area contributed by atoms with Crippen molar-refractivity contribution >= 4 is 11.8 Å². The Morgan fingerprint density at radius 2 is 1.91 bits per heavy atom. The first-order valence-electron chi connectivity index (χ1n) is 7.55. The molecular weight excluding hydrogens is 294 g/mol. The van der Waals surface area contributed by atoms with Gasteiger partial charge in [0.25, 0.3) is 0 Å². The van der Waals surface area contributed by atoms with Crippen molar-refractivity contribution in [1.82, 2.24) is 5.16 Å². The zero-order chi connectivity index (χ0) is 17.1. The molecule has 5 nitrogen and oxygen atoms in total. The number of nitrogens with zero attached hydrogens (tertiary/aromatic N) is 1. The molecule has 0 aliphatic carbocycles. The second-order valence-corrected chi connectivity index (χ2v) is 5.98. The minimum atomic E-state index is -0.578. The number of rotatable bonds is 5. The summed E-state index contributed by atoms with van der Waals surface area (Å²) < 4.78 is 10.3. The fourth-order valence-electron chi connectivity index (χ4n) is 2.44. The van der Waals surface area contributed by atoms with Crippen molar-refractivity contribution in [2.24, 2.45) is 0 Å². The van der Waals surface area contributed by atoms with Crippen LogP contribution < -0.4 is 0 Å². The summed E-state index contributed by atoms with van der Waals surface area (Å²) in [7, 11) is 0. The molecule has 0 saturated heterocycles. The maximum absolute atomic E-state index is 12.3. The summed E-state index contributed by atoms with van der Waals surface area (Å²) in [5.74, 6) is -0.318. The Hall–Kier alpha value is -2.43. The van der Waals surface area contributed by atoms with E-state index in [1.165, 1.54) is 0 Å². The molecule has 5 heteroatoms. The molecule has 1 heterocycles. The number of benzene rings is 1. The van der Waals surface area contributed by atoms with Crippen LogP contribution in [0.3, 0.4) is 0 Å². The first-order valence-corrected chi connectivity index (χ1v) is 7.55. The van der Waals surface area contributed by atoms with Crippen LogP contribution >= 0.6 is 0 Å². The van der Waals surface area contributed by atoms with E-state index in [1.807, 2.05) is 39.8 Å². The lowest BCUT2D eigenvalue weighted by molar-refractivity contribution is 0.0471. The summed E-state index contributed by atoms with van der Waals surface area (Å²) in [6, 6.07) is 5.55. The van der Waals surface area contributed by atoms with E-state index in [0.717, 1.165) is 11.1 Å². The third-order valence-electron chi connectivity index (χ3n) is 3.63. The number of esters is 1. The number of carbonyl (C=O) groups excluding carboxylic acids is 2. The predicted molar refractivity (Wildman–Crippen MR) is 85.9 cm³/mol. The summed E-state index contributed by atoms with van der Waals surface area (Å²) in [6.45, 7) is 9.00. The molecule has 0 N–H and O–H groups in total. The van der Waals surface area contributed by atoms with Crippen LogP contribution in [0.1, 0.15) is 63.1 Å². The SMILES string of the molecule is Cc1ccc(C(=O)COC(=O)c2c(C)noc2C(C)C)c(C)c1. The van der Waals surface area contributed by atoms with Crippen molar-refractivity contribution in [3.05, 3.63) is 51.9 Å². The highest BCUT2D eigenvalue weighted by molar-refractivity contribution is 6.00. The molecule has 0 aliphatic heterocycles. The standard InChI is InChI=1S/C18H21NO4/c1-10(2)17-16(13(5)19-23-17)18(21)22-9-15(20)14-7-6-11(3)8-12(14)4/h6-8,10H,9H2,1-5H3. The van der Waals surface area contributed by atoms with Crippen molar-refractivity contribution in [2.45, 2.75) is 40.5 Å². The number of ether oxygens (including phenoxy) is 1. The van der Waals surface area contributed by atoms with Crippen LogP contribution in [0.2, 0.25) is 0 Å². The predicted octanol–water partition coefficient (Wildman–Crippen LogP) is 3.76. The van der Waals surface area contributed by atoms with Gasteiger partial charge in [-0.1, -0.05) is 42.8 Å². The fourth-order valence-corrected chi connectivity index (χ4v) is 2.44. The number of aryl methyl sites for hydroxylation is 3. The minimum Gasteiger partial charge on any atom is -0.454 e. The Balaban J connectivity index is 2.10. The Labute approximate surface area is 135 Å². The molecule has 0 amide bonds. The van der Waals surface area contributed by atoms with E-state index in [2.05, 4.69) is 5.16 Å². The monoisotopic (exact) mass is 315 g/mol. The van der Waals surface area contributed by atoms with Gasteiger partial charge in [0, 0.05) is 11.5 Å². The molecule has 1 aromatic carbocycles. The van der Waals surface area contributed by atoms with Crippen molar-refractivity contribution in [1.29, 1.82) is 0 Å². The lowest BCUT2D eigenvalue weighted by atomic mass is 10.0. The van der Waals surface area contributed by atoms with Crippen LogP contribution in [0.25, 0.3) is 0 Å². The zero-order valence-electron chi connectivity index (χ0n) is 14.1. The lowest BCUT2D eigenvalue weighted by Gasteiger charge is -2.08.